The topological polar surface area (TPSA) is 40.5 Å². The van der Waals surface area contributed by atoms with Crippen LogP contribution in [0.4, 0.5) is 4.39 Å². The highest BCUT2D eigenvalue weighted by atomic mass is 79.9. The molecule has 3 nitrogen and oxygen atoms in total. The number of rotatable bonds is 4. The van der Waals surface area contributed by atoms with Crippen LogP contribution in [0.15, 0.2) is 22.7 Å². The van der Waals surface area contributed by atoms with Gasteiger partial charge >= 0.3 is 5.97 Å². The molecule has 1 heterocycles. The Morgan fingerprint density at radius 3 is 3.00 bits per heavy atom. The normalized spacial score (nSPS) is 20.4. The molecule has 0 bridgehead atoms. The monoisotopic (exact) mass is 329 g/mol. The molecule has 0 aliphatic carbocycles. The van der Waals surface area contributed by atoms with Crippen LogP contribution in [0, 0.1) is 11.7 Å². The van der Waals surface area contributed by atoms with Crippen LogP contribution >= 0.6 is 15.9 Å². The van der Waals surface area contributed by atoms with E-state index in [1.807, 2.05) is 6.07 Å². The number of likely N-dealkylation sites (tertiary alicyclic amines) is 1. The maximum absolute atomic E-state index is 13.4. The first-order valence-electron chi connectivity index (χ1n) is 6.42. The van der Waals surface area contributed by atoms with Crippen molar-refractivity contribution >= 4 is 21.9 Å². The Morgan fingerprint density at radius 2 is 2.32 bits per heavy atom. The fourth-order valence-corrected chi connectivity index (χ4v) is 2.85. The van der Waals surface area contributed by atoms with E-state index in [9.17, 15) is 9.18 Å². The predicted molar refractivity (Wildman–Crippen MR) is 74.4 cm³/mol. The number of carbonyl (C=O) groups is 1. The molecule has 1 fully saturated rings. The lowest BCUT2D eigenvalue weighted by Gasteiger charge is -2.32. The molecular formula is C14H17BrFNO2. The smallest absolute Gasteiger partial charge is 0.303 e. The molecule has 2 rings (SSSR count). The predicted octanol–water partition coefficient (Wildman–Crippen LogP) is 3.27. The van der Waals surface area contributed by atoms with Gasteiger partial charge in [0.25, 0.3) is 0 Å². The Hall–Kier alpha value is -0.940. The molecule has 19 heavy (non-hydrogen) atoms. The largest absolute Gasteiger partial charge is 0.481 e. The van der Waals surface area contributed by atoms with Crippen LogP contribution in [0.25, 0.3) is 0 Å². The number of hydrogen-bond acceptors (Lipinski definition) is 2. The van der Waals surface area contributed by atoms with Gasteiger partial charge in [-0.25, -0.2) is 4.39 Å². The second-order valence-corrected chi connectivity index (χ2v) is 5.94. The van der Waals surface area contributed by atoms with Crippen molar-refractivity contribution in [2.24, 2.45) is 5.92 Å². The number of piperidine rings is 1. The van der Waals surface area contributed by atoms with E-state index in [1.54, 1.807) is 6.07 Å². The van der Waals surface area contributed by atoms with Gasteiger partial charge in [-0.15, -0.1) is 0 Å². The fourth-order valence-electron chi connectivity index (χ4n) is 2.60. The average molecular weight is 330 g/mol. The van der Waals surface area contributed by atoms with Crippen LogP contribution in [0.3, 0.4) is 0 Å². The van der Waals surface area contributed by atoms with E-state index in [1.165, 1.54) is 6.07 Å². The maximum atomic E-state index is 13.4. The van der Waals surface area contributed by atoms with Crippen LogP contribution in [0.2, 0.25) is 0 Å². The molecule has 1 aromatic carbocycles. The first kappa shape index (κ1) is 14.5. The molecule has 1 unspecified atom stereocenters. The molecular weight excluding hydrogens is 313 g/mol. The lowest BCUT2D eigenvalue weighted by Crippen LogP contribution is -2.35. The van der Waals surface area contributed by atoms with Crippen molar-refractivity contribution in [1.29, 1.82) is 0 Å². The Labute approximate surface area is 120 Å². The lowest BCUT2D eigenvalue weighted by atomic mass is 9.94. The van der Waals surface area contributed by atoms with E-state index in [0.717, 1.165) is 31.5 Å². The van der Waals surface area contributed by atoms with Gasteiger partial charge in [-0.05, 0) is 58.9 Å². The van der Waals surface area contributed by atoms with Crippen molar-refractivity contribution in [1.82, 2.24) is 4.90 Å². The van der Waals surface area contributed by atoms with E-state index < -0.39 is 5.97 Å². The van der Waals surface area contributed by atoms with E-state index >= 15 is 0 Å². The molecule has 1 N–H and O–H groups in total. The van der Waals surface area contributed by atoms with E-state index in [2.05, 4.69) is 20.8 Å². The summed E-state index contributed by atoms with van der Waals surface area (Å²) in [5.74, 6) is -0.773. The zero-order valence-corrected chi connectivity index (χ0v) is 12.2. The van der Waals surface area contributed by atoms with Gasteiger partial charge in [-0.3, -0.25) is 9.69 Å². The van der Waals surface area contributed by atoms with Gasteiger partial charge < -0.3 is 5.11 Å². The molecule has 1 saturated heterocycles. The van der Waals surface area contributed by atoms with Crippen molar-refractivity contribution in [3.05, 3.63) is 34.1 Å². The van der Waals surface area contributed by atoms with Gasteiger partial charge in [0.05, 0.1) is 4.47 Å². The highest BCUT2D eigenvalue weighted by molar-refractivity contribution is 9.10. The summed E-state index contributed by atoms with van der Waals surface area (Å²) in [7, 11) is 0. The summed E-state index contributed by atoms with van der Waals surface area (Å²) >= 11 is 3.14. The molecule has 0 amide bonds. The third-order valence-corrected chi connectivity index (χ3v) is 4.10. The highest BCUT2D eigenvalue weighted by Crippen LogP contribution is 2.22. The maximum Gasteiger partial charge on any atom is 0.303 e. The summed E-state index contributed by atoms with van der Waals surface area (Å²) in [6.07, 6.45) is 2.21. The summed E-state index contributed by atoms with van der Waals surface area (Å²) < 4.78 is 13.9. The van der Waals surface area contributed by atoms with Gasteiger partial charge in [0, 0.05) is 19.5 Å². The highest BCUT2D eigenvalue weighted by Gasteiger charge is 2.22. The molecule has 0 saturated carbocycles. The van der Waals surface area contributed by atoms with Crippen molar-refractivity contribution < 1.29 is 14.3 Å². The van der Waals surface area contributed by atoms with Gasteiger partial charge in [-0.1, -0.05) is 6.07 Å². The zero-order chi connectivity index (χ0) is 13.8. The minimum atomic E-state index is -0.735. The third-order valence-electron chi connectivity index (χ3n) is 3.46. The number of carboxylic acids is 1. The number of nitrogens with zero attached hydrogens (tertiary/aromatic N) is 1. The number of halogens is 2. The molecule has 5 heteroatoms. The van der Waals surface area contributed by atoms with Crippen LogP contribution < -0.4 is 0 Å². The first-order valence-corrected chi connectivity index (χ1v) is 7.22. The average Bonchev–Trinajstić information content (AvgIpc) is 2.33. The van der Waals surface area contributed by atoms with Crippen LogP contribution in [-0.2, 0) is 11.3 Å². The molecule has 1 atom stereocenters. The summed E-state index contributed by atoms with van der Waals surface area (Å²) in [6, 6.07) is 5.14. The molecule has 1 aliphatic rings. The lowest BCUT2D eigenvalue weighted by molar-refractivity contribution is -0.138. The van der Waals surface area contributed by atoms with Crippen molar-refractivity contribution in [3.8, 4) is 0 Å². The van der Waals surface area contributed by atoms with Gasteiger partial charge in [0.15, 0.2) is 0 Å². The van der Waals surface area contributed by atoms with Crippen LogP contribution in [-0.4, -0.2) is 29.1 Å². The summed E-state index contributed by atoms with van der Waals surface area (Å²) in [5.41, 5.74) is 0.927. The molecule has 0 spiro atoms. The number of carboxylic acid groups (broad SMARTS) is 1. The second kappa shape index (κ2) is 6.48. The standard InChI is InChI=1S/C14H17BrFNO2/c15-12-4-3-11(6-13(12)16)9-17-5-1-2-10(8-17)7-14(18)19/h3-4,6,10H,1-2,5,7-9H2,(H,18,19). The fraction of sp³-hybridized carbons (Fsp3) is 0.500. The van der Waals surface area contributed by atoms with Crippen LogP contribution in [0.1, 0.15) is 24.8 Å². The molecule has 1 aromatic rings. The molecule has 0 aromatic heterocycles. The van der Waals surface area contributed by atoms with Gasteiger partial charge in [0.2, 0.25) is 0 Å². The van der Waals surface area contributed by atoms with Gasteiger partial charge in [0.1, 0.15) is 5.82 Å². The Balaban J connectivity index is 1.94. The molecule has 0 radical (unpaired) electrons. The minimum absolute atomic E-state index is 0.214. The van der Waals surface area contributed by atoms with Crippen molar-refractivity contribution in [2.75, 3.05) is 13.1 Å². The van der Waals surface area contributed by atoms with Crippen LogP contribution in [0.5, 0.6) is 0 Å². The third kappa shape index (κ3) is 4.28. The van der Waals surface area contributed by atoms with E-state index in [-0.39, 0.29) is 18.2 Å². The molecule has 104 valence electrons. The Morgan fingerprint density at radius 1 is 1.53 bits per heavy atom. The second-order valence-electron chi connectivity index (χ2n) is 5.09. The van der Waals surface area contributed by atoms with Gasteiger partial charge in [-0.2, -0.15) is 0 Å². The Bertz CT molecular complexity index is 467. The Kier molecular flexibility index (Phi) is 4.93. The number of hydrogen-bond donors (Lipinski definition) is 1. The van der Waals surface area contributed by atoms with E-state index in [0.29, 0.717) is 11.0 Å². The van der Waals surface area contributed by atoms with E-state index in [4.69, 9.17) is 5.11 Å². The number of benzene rings is 1. The zero-order valence-electron chi connectivity index (χ0n) is 10.6. The summed E-state index contributed by atoms with van der Waals surface area (Å²) in [6.45, 7) is 2.41. The molecule has 1 aliphatic heterocycles. The number of aliphatic carboxylic acids is 1. The summed E-state index contributed by atoms with van der Waals surface area (Å²) in [5, 5.41) is 8.84. The van der Waals surface area contributed by atoms with Crippen molar-refractivity contribution in [3.63, 3.8) is 0 Å². The quantitative estimate of drug-likeness (QED) is 0.921. The summed E-state index contributed by atoms with van der Waals surface area (Å²) in [4.78, 5) is 12.9. The minimum Gasteiger partial charge on any atom is -0.481 e. The first-order chi connectivity index (χ1) is 9.04. The SMILES string of the molecule is O=C(O)CC1CCCN(Cc2ccc(Br)c(F)c2)C1. The van der Waals surface area contributed by atoms with Crippen molar-refractivity contribution in [2.45, 2.75) is 25.8 Å².